The zero-order valence-electron chi connectivity index (χ0n) is 8.49. The smallest absolute Gasteiger partial charge is 0.242 e. The highest BCUT2D eigenvalue weighted by molar-refractivity contribution is 7.89. The maximum absolute atomic E-state index is 11.5. The molecule has 0 bridgehead atoms. The van der Waals surface area contributed by atoms with E-state index in [1.165, 1.54) is 7.11 Å². The number of primary sulfonamides is 1. The standard InChI is InChI=1S/C10H13NO3S/c1-14-9-6-5-7-3-2-4-8(7)10(9)15(11,12)13/h5-6H,2-4H2,1H3,(H2,11,12,13). The van der Waals surface area contributed by atoms with Crippen LogP contribution in [0.2, 0.25) is 0 Å². The molecule has 0 aromatic heterocycles. The molecular weight excluding hydrogens is 214 g/mol. The van der Waals surface area contributed by atoms with Gasteiger partial charge in [0.15, 0.2) is 0 Å². The fourth-order valence-electron chi connectivity index (χ4n) is 2.08. The van der Waals surface area contributed by atoms with Crippen molar-refractivity contribution in [3.63, 3.8) is 0 Å². The SMILES string of the molecule is COc1ccc2c(c1S(N)(=O)=O)CCC2. The fourth-order valence-corrected chi connectivity index (χ4v) is 3.09. The minimum Gasteiger partial charge on any atom is -0.495 e. The summed E-state index contributed by atoms with van der Waals surface area (Å²) >= 11 is 0. The Morgan fingerprint density at radius 1 is 1.33 bits per heavy atom. The zero-order valence-corrected chi connectivity index (χ0v) is 9.30. The number of fused-ring (bicyclic) bond motifs is 1. The highest BCUT2D eigenvalue weighted by atomic mass is 32.2. The third kappa shape index (κ3) is 1.72. The van der Waals surface area contributed by atoms with Gasteiger partial charge in [0.25, 0.3) is 0 Å². The molecule has 0 fully saturated rings. The third-order valence-corrected chi connectivity index (χ3v) is 3.72. The van der Waals surface area contributed by atoms with Crippen LogP contribution >= 0.6 is 0 Å². The molecule has 82 valence electrons. The van der Waals surface area contributed by atoms with Gasteiger partial charge >= 0.3 is 0 Å². The summed E-state index contributed by atoms with van der Waals surface area (Å²) in [5.74, 6) is 0.346. The van der Waals surface area contributed by atoms with E-state index in [4.69, 9.17) is 9.88 Å². The number of hydrogen-bond acceptors (Lipinski definition) is 3. The van der Waals surface area contributed by atoms with Crippen molar-refractivity contribution in [2.24, 2.45) is 5.14 Å². The van der Waals surface area contributed by atoms with Crippen LogP contribution < -0.4 is 9.88 Å². The van der Waals surface area contributed by atoms with Crippen LogP contribution in [0.15, 0.2) is 17.0 Å². The van der Waals surface area contributed by atoms with Gasteiger partial charge in [0.1, 0.15) is 10.6 Å². The molecule has 0 unspecified atom stereocenters. The van der Waals surface area contributed by atoms with E-state index in [2.05, 4.69) is 0 Å². The largest absolute Gasteiger partial charge is 0.495 e. The lowest BCUT2D eigenvalue weighted by Gasteiger charge is -2.11. The average molecular weight is 227 g/mol. The summed E-state index contributed by atoms with van der Waals surface area (Å²) in [6, 6.07) is 3.58. The highest BCUT2D eigenvalue weighted by Gasteiger charge is 2.25. The summed E-state index contributed by atoms with van der Waals surface area (Å²) in [6.07, 6.45) is 2.66. The maximum Gasteiger partial charge on any atom is 0.242 e. The van der Waals surface area contributed by atoms with Crippen LogP contribution in [0.1, 0.15) is 17.5 Å². The van der Waals surface area contributed by atoms with E-state index >= 15 is 0 Å². The Hall–Kier alpha value is -1.07. The molecule has 2 rings (SSSR count). The molecular formula is C10H13NO3S. The van der Waals surface area contributed by atoms with Crippen LogP contribution in [-0.2, 0) is 22.9 Å². The predicted molar refractivity (Wildman–Crippen MR) is 56.4 cm³/mol. The Balaban J connectivity index is 2.74. The van der Waals surface area contributed by atoms with Crippen molar-refractivity contribution < 1.29 is 13.2 Å². The van der Waals surface area contributed by atoms with Crippen LogP contribution in [0, 0.1) is 0 Å². The van der Waals surface area contributed by atoms with Gasteiger partial charge in [-0.2, -0.15) is 0 Å². The topological polar surface area (TPSA) is 69.4 Å². The number of sulfonamides is 1. The summed E-state index contributed by atoms with van der Waals surface area (Å²) in [5, 5.41) is 5.20. The molecule has 0 amide bonds. The number of aryl methyl sites for hydroxylation is 1. The van der Waals surface area contributed by atoms with E-state index in [9.17, 15) is 8.42 Å². The second kappa shape index (κ2) is 3.50. The molecule has 0 saturated carbocycles. The van der Waals surface area contributed by atoms with Crippen LogP contribution in [0.25, 0.3) is 0 Å². The molecule has 1 aliphatic rings. The van der Waals surface area contributed by atoms with Gasteiger partial charge in [0, 0.05) is 0 Å². The zero-order chi connectivity index (χ0) is 11.1. The molecule has 0 spiro atoms. The van der Waals surface area contributed by atoms with Gasteiger partial charge in [0.05, 0.1) is 7.11 Å². The van der Waals surface area contributed by atoms with Crippen molar-refractivity contribution in [2.75, 3.05) is 7.11 Å². The van der Waals surface area contributed by atoms with Crippen molar-refractivity contribution in [3.8, 4) is 5.75 Å². The van der Waals surface area contributed by atoms with E-state index in [-0.39, 0.29) is 4.90 Å². The van der Waals surface area contributed by atoms with Gasteiger partial charge < -0.3 is 4.74 Å². The van der Waals surface area contributed by atoms with Crippen LogP contribution in [-0.4, -0.2) is 15.5 Å². The van der Waals surface area contributed by atoms with Crippen molar-refractivity contribution in [1.29, 1.82) is 0 Å². The molecule has 15 heavy (non-hydrogen) atoms. The molecule has 5 heteroatoms. The summed E-state index contributed by atoms with van der Waals surface area (Å²) in [5.41, 5.74) is 1.90. The van der Waals surface area contributed by atoms with Crippen molar-refractivity contribution in [3.05, 3.63) is 23.3 Å². The van der Waals surface area contributed by atoms with Gasteiger partial charge in [-0.15, -0.1) is 0 Å². The summed E-state index contributed by atoms with van der Waals surface area (Å²) in [7, 11) is -2.25. The second-order valence-corrected chi connectivity index (χ2v) is 5.13. The Labute approximate surface area is 89.1 Å². The molecule has 1 aromatic rings. The Morgan fingerprint density at radius 3 is 2.67 bits per heavy atom. The summed E-state index contributed by atoms with van der Waals surface area (Å²) in [4.78, 5) is 0.167. The lowest BCUT2D eigenvalue weighted by atomic mass is 10.1. The quantitative estimate of drug-likeness (QED) is 0.813. The monoisotopic (exact) mass is 227 g/mol. The molecule has 4 nitrogen and oxygen atoms in total. The molecule has 1 aliphatic carbocycles. The number of rotatable bonds is 2. The number of benzene rings is 1. The molecule has 0 atom stereocenters. The van der Waals surface area contributed by atoms with E-state index in [0.29, 0.717) is 5.75 Å². The van der Waals surface area contributed by atoms with Gasteiger partial charge in [-0.3, -0.25) is 0 Å². The number of methoxy groups -OCH3 is 1. The van der Waals surface area contributed by atoms with Gasteiger partial charge in [0.2, 0.25) is 10.0 Å². The van der Waals surface area contributed by atoms with E-state index in [1.54, 1.807) is 6.07 Å². The van der Waals surface area contributed by atoms with Gasteiger partial charge in [-0.1, -0.05) is 6.07 Å². The maximum atomic E-state index is 11.5. The molecule has 0 saturated heterocycles. The normalized spacial score (nSPS) is 15.1. The lowest BCUT2D eigenvalue weighted by molar-refractivity contribution is 0.401. The number of hydrogen-bond donors (Lipinski definition) is 1. The number of ether oxygens (including phenoxy) is 1. The first-order valence-electron chi connectivity index (χ1n) is 4.75. The highest BCUT2D eigenvalue weighted by Crippen LogP contribution is 2.34. The Kier molecular flexibility index (Phi) is 2.44. The molecule has 0 heterocycles. The Bertz CT molecular complexity index is 494. The van der Waals surface area contributed by atoms with E-state index in [1.807, 2.05) is 6.07 Å². The molecule has 0 aliphatic heterocycles. The molecule has 2 N–H and O–H groups in total. The molecule has 0 radical (unpaired) electrons. The first-order valence-corrected chi connectivity index (χ1v) is 6.30. The van der Waals surface area contributed by atoms with Crippen LogP contribution in [0.3, 0.4) is 0 Å². The minimum atomic E-state index is -3.70. The second-order valence-electron chi connectivity index (χ2n) is 3.63. The summed E-state index contributed by atoms with van der Waals surface area (Å²) in [6.45, 7) is 0. The predicted octanol–water partition coefficient (Wildman–Crippen LogP) is 0.831. The van der Waals surface area contributed by atoms with Gasteiger partial charge in [-0.25, -0.2) is 13.6 Å². The first-order chi connectivity index (χ1) is 7.04. The van der Waals surface area contributed by atoms with Crippen LogP contribution in [0.5, 0.6) is 5.75 Å². The average Bonchev–Trinajstić information content (AvgIpc) is 2.61. The molecule has 1 aromatic carbocycles. The number of nitrogens with two attached hydrogens (primary N) is 1. The lowest BCUT2D eigenvalue weighted by Crippen LogP contribution is -2.16. The van der Waals surface area contributed by atoms with Gasteiger partial charge in [-0.05, 0) is 36.5 Å². The minimum absolute atomic E-state index is 0.167. The third-order valence-electron chi connectivity index (χ3n) is 2.70. The van der Waals surface area contributed by atoms with Crippen molar-refractivity contribution >= 4 is 10.0 Å². The Morgan fingerprint density at radius 2 is 2.07 bits per heavy atom. The van der Waals surface area contributed by atoms with E-state index in [0.717, 1.165) is 30.4 Å². The van der Waals surface area contributed by atoms with Crippen LogP contribution in [0.4, 0.5) is 0 Å². The van der Waals surface area contributed by atoms with Crippen molar-refractivity contribution in [2.45, 2.75) is 24.2 Å². The van der Waals surface area contributed by atoms with E-state index < -0.39 is 10.0 Å². The summed E-state index contributed by atoms with van der Waals surface area (Å²) < 4.78 is 28.0. The first kappa shape index (κ1) is 10.4. The fraction of sp³-hybridized carbons (Fsp3) is 0.400. The van der Waals surface area contributed by atoms with Crippen molar-refractivity contribution in [1.82, 2.24) is 0 Å².